The highest BCUT2D eigenvalue weighted by molar-refractivity contribution is 6.05. The first-order chi connectivity index (χ1) is 19.6. The minimum atomic E-state index is -4.65. The molecule has 0 unspecified atom stereocenters. The molecule has 0 radical (unpaired) electrons. The van der Waals surface area contributed by atoms with Crippen LogP contribution in [0, 0.1) is 6.92 Å². The van der Waals surface area contributed by atoms with Gasteiger partial charge in [-0.25, -0.2) is 9.78 Å². The zero-order chi connectivity index (χ0) is 29.1. The van der Waals surface area contributed by atoms with Gasteiger partial charge in [-0.15, -0.1) is 0 Å². The Morgan fingerprint density at radius 1 is 1.00 bits per heavy atom. The molecule has 0 spiro atoms. The molecule has 41 heavy (non-hydrogen) atoms. The van der Waals surface area contributed by atoms with Gasteiger partial charge in [0.25, 0.3) is 5.91 Å². The van der Waals surface area contributed by atoms with Crippen molar-refractivity contribution in [2.75, 3.05) is 23.1 Å². The number of aryl methyl sites for hydroxylation is 1. The number of pyridine rings is 1. The molecule has 0 aliphatic carbocycles. The summed E-state index contributed by atoms with van der Waals surface area (Å²) in [5.41, 5.74) is 2.64. The van der Waals surface area contributed by atoms with Crippen LogP contribution >= 0.6 is 0 Å². The second kappa shape index (κ2) is 11.0. The highest BCUT2D eigenvalue weighted by atomic mass is 19.4. The van der Waals surface area contributed by atoms with Crippen LogP contribution in [-0.2, 0) is 17.5 Å². The Balaban J connectivity index is 1.32. The second-order valence-electron chi connectivity index (χ2n) is 9.17. The minimum absolute atomic E-state index is 0.0672. The van der Waals surface area contributed by atoms with Crippen LogP contribution in [0.5, 0.6) is 0 Å². The van der Waals surface area contributed by atoms with Crippen molar-refractivity contribution in [3.8, 4) is 0 Å². The number of nitrogens with zero attached hydrogens (tertiary/aromatic N) is 2. The Labute approximate surface area is 231 Å². The van der Waals surface area contributed by atoms with E-state index in [1.165, 1.54) is 19.4 Å². The number of rotatable bonds is 8. The molecular weight excluding hydrogens is 539 g/mol. The Hall–Kier alpha value is -5.33. The number of esters is 1. The van der Waals surface area contributed by atoms with Crippen LogP contribution in [0.3, 0.4) is 0 Å². The van der Waals surface area contributed by atoms with Gasteiger partial charge in [0, 0.05) is 41.1 Å². The molecule has 0 aliphatic rings. The largest absolute Gasteiger partial charge is 0.464 e. The van der Waals surface area contributed by atoms with Gasteiger partial charge in [-0.1, -0.05) is 6.07 Å². The third kappa shape index (κ3) is 6.30. The number of anilines is 4. The summed E-state index contributed by atoms with van der Waals surface area (Å²) in [5, 5.41) is 15.9. The third-order valence-corrected chi connectivity index (χ3v) is 6.26. The summed E-state index contributed by atoms with van der Waals surface area (Å²) in [7, 11) is 1.30. The predicted molar refractivity (Wildman–Crippen MR) is 147 cm³/mol. The van der Waals surface area contributed by atoms with Gasteiger partial charge in [0.1, 0.15) is 11.3 Å². The quantitative estimate of drug-likeness (QED) is 0.146. The SMILES string of the molecule is COC(=O)c1cc2cc(NCc3cc(NC(=O)c4cc(Nc5cc[nH]n5)cc(C(F)(F)F)c4)ccc3C)cnc2[nH]1. The molecule has 3 heterocycles. The number of alkyl halides is 3. The van der Waals surface area contributed by atoms with Gasteiger partial charge in [-0.3, -0.25) is 9.89 Å². The number of aromatic nitrogens is 4. The predicted octanol–water partition coefficient (Wildman–Crippen LogP) is 6.01. The lowest BCUT2D eigenvalue weighted by Crippen LogP contribution is -2.15. The molecule has 0 aliphatic heterocycles. The molecule has 210 valence electrons. The van der Waals surface area contributed by atoms with E-state index in [0.717, 1.165) is 28.6 Å². The van der Waals surface area contributed by atoms with Crippen LogP contribution in [0.4, 0.5) is 36.1 Å². The van der Waals surface area contributed by atoms with E-state index in [9.17, 15) is 22.8 Å². The summed E-state index contributed by atoms with van der Waals surface area (Å²) in [5.74, 6) is -0.893. The van der Waals surface area contributed by atoms with Gasteiger partial charge < -0.3 is 25.7 Å². The number of aromatic amines is 2. The first-order valence-corrected chi connectivity index (χ1v) is 12.3. The molecule has 3 aromatic heterocycles. The summed E-state index contributed by atoms with van der Waals surface area (Å²) >= 11 is 0. The number of methoxy groups -OCH3 is 1. The molecule has 2 aromatic carbocycles. The minimum Gasteiger partial charge on any atom is -0.464 e. The van der Waals surface area contributed by atoms with Gasteiger partial charge in [0.15, 0.2) is 5.82 Å². The molecule has 0 fully saturated rings. The number of amides is 1. The van der Waals surface area contributed by atoms with Crippen LogP contribution in [0.1, 0.15) is 37.5 Å². The maximum Gasteiger partial charge on any atom is 0.416 e. The molecule has 0 saturated heterocycles. The van der Waals surface area contributed by atoms with E-state index >= 15 is 0 Å². The molecule has 0 atom stereocenters. The topological polar surface area (TPSA) is 137 Å². The van der Waals surface area contributed by atoms with E-state index in [0.29, 0.717) is 29.4 Å². The van der Waals surface area contributed by atoms with Gasteiger partial charge in [-0.05, 0) is 60.5 Å². The molecule has 1 amide bonds. The number of halogens is 3. The molecule has 0 bridgehead atoms. The lowest BCUT2D eigenvalue weighted by atomic mass is 10.1. The van der Waals surface area contributed by atoms with Crippen LogP contribution in [0.2, 0.25) is 0 Å². The van der Waals surface area contributed by atoms with E-state index in [2.05, 4.69) is 36.1 Å². The lowest BCUT2D eigenvalue weighted by Gasteiger charge is -2.14. The van der Waals surface area contributed by atoms with Crippen molar-refractivity contribution in [1.29, 1.82) is 0 Å². The Morgan fingerprint density at radius 2 is 1.83 bits per heavy atom. The van der Waals surface area contributed by atoms with Gasteiger partial charge in [-0.2, -0.15) is 18.3 Å². The molecule has 5 rings (SSSR count). The van der Waals surface area contributed by atoms with Gasteiger partial charge in [0.2, 0.25) is 0 Å². The van der Waals surface area contributed by atoms with E-state index in [1.54, 1.807) is 36.5 Å². The number of benzene rings is 2. The summed E-state index contributed by atoms with van der Waals surface area (Å²) in [4.78, 5) is 32.0. The number of ether oxygens (including phenoxy) is 1. The molecule has 0 saturated carbocycles. The van der Waals surface area contributed by atoms with Crippen LogP contribution in [-0.4, -0.2) is 39.2 Å². The highest BCUT2D eigenvalue weighted by Gasteiger charge is 2.32. The van der Waals surface area contributed by atoms with Crippen LogP contribution in [0.25, 0.3) is 11.0 Å². The Morgan fingerprint density at radius 3 is 2.56 bits per heavy atom. The standard InChI is InChI=1S/C28H24F3N7O3/c1-15-3-4-20(10-18(15)13-32-22-8-16-11-23(27(40)41-2)37-25(16)33-14-22)36-26(39)17-7-19(28(29,30)31)12-21(9-17)35-24-5-6-34-38-24/h3-12,14,32H,13H2,1-2H3,(H,33,37)(H,36,39)(H2,34,35,38). The number of hydrogen-bond donors (Lipinski definition) is 5. The third-order valence-electron chi connectivity index (χ3n) is 6.26. The number of carbonyl (C=O) groups excluding carboxylic acids is 2. The zero-order valence-corrected chi connectivity index (χ0v) is 21.8. The average Bonchev–Trinajstić information content (AvgIpc) is 3.62. The fraction of sp³-hybridized carbons (Fsp3) is 0.143. The van der Waals surface area contributed by atoms with Gasteiger partial charge >= 0.3 is 12.1 Å². The number of carbonyl (C=O) groups is 2. The average molecular weight is 564 g/mol. The second-order valence-corrected chi connectivity index (χ2v) is 9.17. The van der Waals surface area contributed by atoms with Crippen LogP contribution in [0.15, 0.2) is 67.0 Å². The molecule has 5 aromatic rings. The van der Waals surface area contributed by atoms with Gasteiger partial charge in [0.05, 0.1) is 24.6 Å². The maximum atomic E-state index is 13.6. The van der Waals surface area contributed by atoms with Crippen molar-refractivity contribution >= 4 is 45.8 Å². The fourth-order valence-electron chi connectivity index (χ4n) is 4.14. The summed E-state index contributed by atoms with van der Waals surface area (Å²) < 4.78 is 45.4. The zero-order valence-electron chi connectivity index (χ0n) is 21.8. The van der Waals surface area contributed by atoms with Crippen molar-refractivity contribution in [3.05, 3.63) is 94.9 Å². The van der Waals surface area contributed by atoms with E-state index in [-0.39, 0.29) is 16.9 Å². The number of fused-ring (bicyclic) bond motifs is 1. The molecule has 13 heteroatoms. The normalized spacial score (nSPS) is 11.3. The maximum absolute atomic E-state index is 13.6. The number of hydrogen-bond acceptors (Lipinski definition) is 7. The molecular formula is C28H24F3N7O3. The summed E-state index contributed by atoms with van der Waals surface area (Å²) in [6, 6.07) is 13.3. The van der Waals surface area contributed by atoms with E-state index in [1.807, 2.05) is 13.0 Å². The number of H-pyrrole nitrogens is 2. The molecule has 10 nitrogen and oxygen atoms in total. The van der Waals surface area contributed by atoms with Crippen molar-refractivity contribution in [3.63, 3.8) is 0 Å². The number of nitrogens with one attached hydrogen (secondary N) is 5. The van der Waals surface area contributed by atoms with Crippen molar-refractivity contribution in [1.82, 2.24) is 20.2 Å². The first-order valence-electron chi connectivity index (χ1n) is 12.3. The van der Waals surface area contributed by atoms with E-state index in [4.69, 9.17) is 4.74 Å². The Bertz CT molecular complexity index is 1730. The van der Waals surface area contributed by atoms with Crippen molar-refractivity contribution < 1.29 is 27.5 Å². The first kappa shape index (κ1) is 27.2. The Kier molecular flexibility index (Phi) is 7.34. The van der Waals surface area contributed by atoms with E-state index < -0.39 is 23.6 Å². The van der Waals surface area contributed by atoms with Crippen molar-refractivity contribution in [2.45, 2.75) is 19.6 Å². The monoisotopic (exact) mass is 563 g/mol. The highest BCUT2D eigenvalue weighted by Crippen LogP contribution is 2.33. The van der Waals surface area contributed by atoms with Crippen LogP contribution < -0.4 is 16.0 Å². The van der Waals surface area contributed by atoms with Crippen molar-refractivity contribution in [2.24, 2.45) is 0 Å². The smallest absolute Gasteiger partial charge is 0.416 e. The lowest BCUT2D eigenvalue weighted by molar-refractivity contribution is -0.137. The molecule has 5 N–H and O–H groups in total. The fourth-order valence-corrected chi connectivity index (χ4v) is 4.14. The summed E-state index contributed by atoms with van der Waals surface area (Å²) in [6.45, 7) is 2.27. The summed E-state index contributed by atoms with van der Waals surface area (Å²) in [6.07, 6.45) is -1.52.